The molecule has 0 unspecified atom stereocenters. The summed E-state index contributed by atoms with van der Waals surface area (Å²) in [6.07, 6.45) is 0. The fraction of sp³-hybridized carbons (Fsp3) is 0.278. The van der Waals surface area contributed by atoms with Crippen molar-refractivity contribution in [2.24, 2.45) is 11.5 Å². The molecule has 0 saturated carbocycles. The molecule has 0 aromatic heterocycles. The van der Waals surface area contributed by atoms with E-state index in [-0.39, 0.29) is 91.3 Å². The van der Waals surface area contributed by atoms with Gasteiger partial charge in [-0.25, -0.2) is 0 Å². The predicted octanol–water partition coefficient (Wildman–Crippen LogP) is 7.25. The number of rotatable bonds is 4. The second-order valence-corrected chi connectivity index (χ2v) is 9.46. The molecule has 2 rings (SSSR count). The number of halogens is 10. The third-order valence-electron chi connectivity index (χ3n) is 3.02. The van der Waals surface area contributed by atoms with Crippen molar-refractivity contribution < 1.29 is 20.1 Å². The van der Waals surface area contributed by atoms with Crippen LogP contribution < -0.4 is 16.8 Å². The van der Waals surface area contributed by atoms with E-state index in [9.17, 15) is 10.2 Å². The van der Waals surface area contributed by atoms with Gasteiger partial charge >= 0.3 is 29.6 Å². The summed E-state index contributed by atoms with van der Waals surface area (Å²) in [5.74, 6) is -1.56. The number of carboxylic acid groups (broad SMARTS) is 1. The van der Waals surface area contributed by atoms with E-state index in [1.807, 2.05) is 0 Å². The van der Waals surface area contributed by atoms with Crippen molar-refractivity contribution in [1.29, 1.82) is 0 Å². The van der Waals surface area contributed by atoms with Gasteiger partial charge in [-0.05, 0) is 0 Å². The van der Waals surface area contributed by atoms with Gasteiger partial charge in [0.05, 0.1) is 30.1 Å². The summed E-state index contributed by atoms with van der Waals surface area (Å²) in [6.45, 7) is 4.22. The first-order chi connectivity index (χ1) is 16.1. The molecule has 0 aliphatic rings. The first-order valence-corrected chi connectivity index (χ1v) is 12.6. The molecule has 0 aliphatic heterocycles. The van der Waals surface area contributed by atoms with Crippen LogP contribution in [-0.4, -0.2) is 77.0 Å². The fourth-order valence-electron chi connectivity index (χ4n) is 1.52. The molecule has 0 radical (unpaired) electrons. The maximum atomic E-state index is 9.20. The molecule has 0 aliphatic carbocycles. The van der Waals surface area contributed by atoms with Crippen LogP contribution >= 0.6 is 116 Å². The Labute approximate surface area is 280 Å². The normalized spacial score (nSPS) is 9.47. The number of nitrogens with one attached hydrogen (secondary N) is 1. The number of nitrogens with two attached hydrogens (primary N) is 2. The quantitative estimate of drug-likeness (QED) is 0.0846. The minimum absolute atomic E-state index is 0. The topological polar surface area (TPSA) is 142 Å². The molecule has 0 atom stereocenters. The molecule has 0 bridgehead atoms. The van der Waals surface area contributed by atoms with E-state index >= 15 is 0 Å². The van der Waals surface area contributed by atoms with Crippen LogP contribution in [0.3, 0.4) is 0 Å². The van der Waals surface area contributed by atoms with Gasteiger partial charge in [-0.3, -0.25) is 4.79 Å². The van der Waals surface area contributed by atoms with Crippen LogP contribution in [0.5, 0.6) is 11.5 Å². The summed E-state index contributed by atoms with van der Waals surface area (Å²) in [4.78, 5) is 9.00. The van der Waals surface area contributed by atoms with Crippen molar-refractivity contribution >= 4 is 152 Å². The molecule has 18 heteroatoms. The third-order valence-corrected chi connectivity index (χ3v) is 7.53. The predicted molar refractivity (Wildman–Crippen MR) is 158 cm³/mol. The summed E-state index contributed by atoms with van der Waals surface area (Å²) in [5, 5.41) is 28.5. The molecule has 0 saturated heterocycles. The molecule has 0 fully saturated rings. The van der Waals surface area contributed by atoms with Gasteiger partial charge in [0.25, 0.3) is 5.97 Å². The van der Waals surface area contributed by atoms with Crippen molar-refractivity contribution in [1.82, 2.24) is 5.32 Å². The zero-order valence-electron chi connectivity index (χ0n) is 17.5. The SMILES string of the molecule is CC(=O)O.NCCNCCN.Oc1c(Cl)c(Cl)c(Cl)c(Cl)c1Cl.Oc1c(Cl)c(Cl)c(Cl)c(Cl)c1Cl.[NaH]. The molecule has 8 N–H and O–H groups in total. The van der Waals surface area contributed by atoms with E-state index in [2.05, 4.69) is 5.32 Å². The number of carbonyl (C=O) groups is 1. The number of hydrogen-bond acceptors (Lipinski definition) is 6. The van der Waals surface area contributed by atoms with Crippen molar-refractivity contribution in [3.8, 4) is 11.5 Å². The van der Waals surface area contributed by atoms with Crippen LogP contribution in [0.1, 0.15) is 6.92 Å². The summed E-state index contributed by atoms with van der Waals surface area (Å²) in [5.41, 5.74) is 10.3. The Kier molecular flexibility index (Phi) is 25.6. The zero-order chi connectivity index (χ0) is 28.0. The van der Waals surface area contributed by atoms with Gasteiger partial charge in [0.1, 0.15) is 20.1 Å². The van der Waals surface area contributed by atoms with Crippen LogP contribution in [0, 0.1) is 0 Å². The Balaban J connectivity index is -0.000000429. The number of carboxylic acids is 1. The first kappa shape index (κ1) is 41.8. The van der Waals surface area contributed by atoms with E-state index < -0.39 is 5.97 Å². The Morgan fingerprint density at radius 3 is 0.944 bits per heavy atom. The minimum atomic E-state index is -0.833. The Bertz CT molecular complexity index is 717. The summed E-state index contributed by atoms with van der Waals surface area (Å²) in [7, 11) is 0. The Morgan fingerprint density at radius 1 is 0.611 bits per heavy atom. The van der Waals surface area contributed by atoms with E-state index in [0.717, 1.165) is 20.0 Å². The van der Waals surface area contributed by atoms with Gasteiger partial charge in [0.15, 0.2) is 11.5 Å². The number of hydrogen-bond donors (Lipinski definition) is 6. The van der Waals surface area contributed by atoms with Crippen molar-refractivity contribution in [3.63, 3.8) is 0 Å². The second kappa shape index (κ2) is 22.0. The van der Waals surface area contributed by atoms with E-state index in [0.29, 0.717) is 13.1 Å². The van der Waals surface area contributed by atoms with Crippen LogP contribution in [-0.2, 0) is 4.79 Å². The molecule has 0 heterocycles. The molecule has 0 amide bonds. The van der Waals surface area contributed by atoms with Crippen LogP contribution in [0.4, 0.5) is 0 Å². The third kappa shape index (κ3) is 14.6. The van der Waals surface area contributed by atoms with Gasteiger partial charge in [-0.15, -0.1) is 0 Å². The van der Waals surface area contributed by atoms with Crippen LogP contribution in [0.15, 0.2) is 0 Å². The summed E-state index contributed by atoms with van der Waals surface area (Å²) < 4.78 is 0. The summed E-state index contributed by atoms with van der Waals surface area (Å²) >= 11 is 55.8. The average Bonchev–Trinajstić information content (AvgIpc) is 2.82. The molecular formula is C18H20Cl10N3NaO4. The molecule has 2 aromatic rings. The Morgan fingerprint density at radius 2 is 0.778 bits per heavy atom. The number of phenols is 2. The summed E-state index contributed by atoms with van der Waals surface area (Å²) in [6, 6.07) is 0. The molecule has 202 valence electrons. The zero-order valence-corrected chi connectivity index (χ0v) is 25.1. The van der Waals surface area contributed by atoms with Gasteiger partial charge in [0.2, 0.25) is 0 Å². The van der Waals surface area contributed by atoms with Crippen LogP contribution in [0.25, 0.3) is 0 Å². The number of aromatic hydroxyl groups is 2. The maximum absolute atomic E-state index is 9.20. The fourth-order valence-corrected chi connectivity index (χ4v) is 3.77. The van der Waals surface area contributed by atoms with E-state index in [1.165, 1.54) is 0 Å². The first-order valence-electron chi connectivity index (χ1n) is 8.79. The number of aliphatic carboxylic acids is 1. The van der Waals surface area contributed by atoms with Gasteiger partial charge in [-0.2, -0.15) is 0 Å². The van der Waals surface area contributed by atoms with Gasteiger partial charge in [-0.1, -0.05) is 116 Å². The molecular weight excluding hydrogens is 700 g/mol. The van der Waals surface area contributed by atoms with Crippen molar-refractivity contribution in [3.05, 3.63) is 50.2 Å². The van der Waals surface area contributed by atoms with Crippen molar-refractivity contribution in [2.75, 3.05) is 26.2 Å². The van der Waals surface area contributed by atoms with Gasteiger partial charge in [0, 0.05) is 33.1 Å². The van der Waals surface area contributed by atoms with E-state index in [1.54, 1.807) is 0 Å². The van der Waals surface area contributed by atoms with E-state index in [4.69, 9.17) is 137 Å². The molecule has 0 spiro atoms. The second-order valence-electron chi connectivity index (χ2n) is 5.68. The van der Waals surface area contributed by atoms with Gasteiger partial charge < -0.3 is 32.1 Å². The molecule has 2 aromatic carbocycles. The van der Waals surface area contributed by atoms with Crippen LogP contribution in [0.2, 0.25) is 50.2 Å². The monoisotopic (exact) mass is 715 g/mol. The number of benzene rings is 2. The average molecular weight is 720 g/mol. The molecule has 7 nitrogen and oxygen atoms in total. The molecule has 36 heavy (non-hydrogen) atoms. The van der Waals surface area contributed by atoms with Crippen molar-refractivity contribution in [2.45, 2.75) is 6.92 Å². The Hall–Kier alpha value is 1.29. The number of phenolic OH excluding ortho intramolecular Hbond substituents is 2. The standard InChI is InChI=1S/2C6HCl5O.C4H13N3.C2H4O2.Na.H/c2*7-1-2(8)4(10)6(12)5(11)3(1)9;5-1-3-7-4-2-6;1-2(3)4;;/h2*12H;7H,1-6H2;1H3,(H,3,4);;.